The van der Waals surface area contributed by atoms with Gasteiger partial charge in [0.05, 0.1) is 18.2 Å². The van der Waals surface area contributed by atoms with E-state index in [1.165, 1.54) is 0 Å². The maximum absolute atomic E-state index is 12.2. The van der Waals surface area contributed by atoms with Crippen LogP contribution in [0.25, 0.3) is 0 Å². The highest BCUT2D eigenvalue weighted by atomic mass is 16.1. The molecule has 2 aromatic rings. The van der Waals surface area contributed by atoms with E-state index in [1.54, 1.807) is 6.20 Å². The summed E-state index contributed by atoms with van der Waals surface area (Å²) in [6, 6.07) is 6.02. The minimum atomic E-state index is 0.0623. The fourth-order valence-corrected chi connectivity index (χ4v) is 2.24. The molecule has 0 fully saturated rings. The van der Waals surface area contributed by atoms with Crippen LogP contribution in [0.15, 0.2) is 30.6 Å². The van der Waals surface area contributed by atoms with Crippen LogP contribution in [0.3, 0.4) is 0 Å². The highest BCUT2D eigenvalue weighted by molar-refractivity contribution is 5.96. The third kappa shape index (κ3) is 3.32. The molecule has 0 aliphatic heterocycles. The summed E-state index contributed by atoms with van der Waals surface area (Å²) in [7, 11) is 0. The molecule has 2 aromatic heterocycles. The number of hydrogen-bond donors (Lipinski definition) is 0. The molecular formula is C16H21N3O. The number of rotatable bonds is 6. The Morgan fingerprint density at radius 2 is 2.00 bits per heavy atom. The Hall–Kier alpha value is -1.97. The minimum Gasteiger partial charge on any atom is -0.294 e. The van der Waals surface area contributed by atoms with E-state index in [2.05, 4.69) is 23.9 Å². The maximum atomic E-state index is 12.2. The maximum Gasteiger partial charge on any atom is 0.170 e. The standard InChI is InChI=1S/C16H21N3O/c1-4-15(5-2)19-9-8-14(18-19)10-16(20)13-7-6-12(3)17-11-13/h6-9,11,15H,4-5,10H2,1-3H3. The average Bonchev–Trinajstić information content (AvgIpc) is 2.89. The number of aromatic nitrogens is 3. The molecule has 0 bridgehead atoms. The van der Waals surface area contributed by atoms with Crippen LogP contribution in [0.5, 0.6) is 0 Å². The Balaban J connectivity index is 2.06. The van der Waals surface area contributed by atoms with Crippen molar-refractivity contribution in [1.82, 2.24) is 14.8 Å². The number of aryl methyl sites for hydroxylation is 1. The van der Waals surface area contributed by atoms with E-state index in [-0.39, 0.29) is 5.78 Å². The van der Waals surface area contributed by atoms with Gasteiger partial charge in [-0.1, -0.05) is 13.8 Å². The fraction of sp³-hybridized carbons (Fsp3) is 0.438. The van der Waals surface area contributed by atoms with Crippen molar-refractivity contribution >= 4 is 5.78 Å². The predicted molar refractivity (Wildman–Crippen MR) is 78.9 cm³/mol. The Morgan fingerprint density at radius 3 is 2.60 bits per heavy atom. The SMILES string of the molecule is CCC(CC)n1ccc(CC(=O)c2ccc(C)nc2)n1. The second-order valence-corrected chi connectivity index (χ2v) is 5.05. The predicted octanol–water partition coefficient (Wildman–Crippen LogP) is 3.37. The Labute approximate surface area is 119 Å². The van der Waals surface area contributed by atoms with Crippen molar-refractivity contribution in [2.75, 3.05) is 0 Å². The summed E-state index contributed by atoms with van der Waals surface area (Å²) in [6.07, 6.45) is 6.03. The molecule has 0 N–H and O–H groups in total. The number of Topliss-reactive ketones (excluding diaryl/α,β-unsaturated/α-hetero) is 1. The zero-order chi connectivity index (χ0) is 14.5. The zero-order valence-corrected chi connectivity index (χ0v) is 12.3. The van der Waals surface area contributed by atoms with Crippen molar-refractivity contribution in [3.8, 4) is 0 Å². The summed E-state index contributed by atoms with van der Waals surface area (Å²) in [6.45, 7) is 6.21. The molecule has 0 unspecified atom stereocenters. The molecule has 2 heterocycles. The lowest BCUT2D eigenvalue weighted by atomic mass is 10.1. The topological polar surface area (TPSA) is 47.8 Å². The largest absolute Gasteiger partial charge is 0.294 e. The number of carbonyl (C=O) groups excluding carboxylic acids is 1. The molecule has 0 saturated carbocycles. The lowest BCUT2D eigenvalue weighted by molar-refractivity contribution is 0.0991. The van der Waals surface area contributed by atoms with Gasteiger partial charge in [-0.3, -0.25) is 14.5 Å². The van der Waals surface area contributed by atoms with E-state index in [0.717, 1.165) is 24.2 Å². The van der Waals surface area contributed by atoms with Gasteiger partial charge in [0, 0.05) is 23.7 Å². The molecule has 0 aliphatic carbocycles. The van der Waals surface area contributed by atoms with Gasteiger partial charge < -0.3 is 0 Å². The monoisotopic (exact) mass is 271 g/mol. The van der Waals surface area contributed by atoms with Gasteiger partial charge in [0.1, 0.15) is 0 Å². The van der Waals surface area contributed by atoms with E-state index in [1.807, 2.05) is 36.0 Å². The molecule has 0 radical (unpaired) electrons. The number of hydrogen-bond acceptors (Lipinski definition) is 3. The van der Waals surface area contributed by atoms with Gasteiger partial charge in [0.25, 0.3) is 0 Å². The van der Waals surface area contributed by atoms with Crippen LogP contribution < -0.4 is 0 Å². The number of carbonyl (C=O) groups is 1. The summed E-state index contributed by atoms with van der Waals surface area (Å²) in [5, 5.41) is 4.51. The quantitative estimate of drug-likeness (QED) is 0.757. The van der Waals surface area contributed by atoms with E-state index < -0.39 is 0 Å². The van der Waals surface area contributed by atoms with Crippen molar-refractivity contribution in [3.05, 3.63) is 47.5 Å². The summed E-state index contributed by atoms with van der Waals surface area (Å²) in [5.74, 6) is 0.0623. The Morgan fingerprint density at radius 1 is 1.25 bits per heavy atom. The van der Waals surface area contributed by atoms with Crippen LogP contribution in [0.2, 0.25) is 0 Å². The van der Waals surface area contributed by atoms with E-state index in [9.17, 15) is 4.79 Å². The van der Waals surface area contributed by atoms with Gasteiger partial charge in [-0.25, -0.2) is 0 Å². The van der Waals surface area contributed by atoms with Crippen LogP contribution in [0.4, 0.5) is 0 Å². The van der Waals surface area contributed by atoms with Crippen LogP contribution in [0.1, 0.15) is 54.5 Å². The minimum absolute atomic E-state index is 0.0623. The smallest absolute Gasteiger partial charge is 0.170 e. The molecule has 0 aliphatic rings. The Bertz CT molecular complexity index is 568. The molecule has 4 heteroatoms. The van der Waals surface area contributed by atoms with Gasteiger partial charge in [-0.2, -0.15) is 5.10 Å². The normalized spacial score (nSPS) is 11.0. The second kappa shape index (κ2) is 6.46. The van der Waals surface area contributed by atoms with E-state index in [4.69, 9.17) is 0 Å². The van der Waals surface area contributed by atoms with Crippen molar-refractivity contribution in [2.24, 2.45) is 0 Å². The molecular weight excluding hydrogens is 250 g/mol. The highest BCUT2D eigenvalue weighted by Crippen LogP contribution is 2.15. The lowest BCUT2D eigenvalue weighted by Crippen LogP contribution is -2.09. The van der Waals surface area contributed by atoms with Crippen LogP contribution in [-0.2, 0) is 6.42 Å². The fourth-order valence-electron chi connectivity index (χ4n) is 2.24. The first-order valence-electron chi connectivity index (χ1n) is 7.14. The molecule has 2 rings (SSSR count). The van der Waals surface area contributed by atoms with Gasteiger partial charge >= 0.3 is 0 Å². The molecule has 4 nitrogen and oxygen atoms in total. The summed E-state index contributed by atoms with van der Waals surface area (Å²) in [4.78, 5) is 16.3. The summed E-state index contributed by atoms with van der Waals surface area (Å²) in [5.41, 5.74) is 2.38. The molecule has 0 spiro atoms. The Kier molecular flexibility index (Phi) is 4.66. The van der Waals surface area contributed by atoms with Crippen LogP contribution >= 0.6 is 0 Å². The molecule has 20 heavy (non-hydrogen) atoms. The zero-order valence-electron chi connectivity index (χ0n) is 12.3. The molecule has 0 aromatic carbocycles. The first-order chi connectivity index (χ1) is 9.63. The van der Waals surface area contributed by atoms with Crippen LogP contribution in [-0.4, -0.2) is 20.5 Å². The number of pyridine rings is 1. The number of nitrogens with zero attached hydrogens (tertiary/aromatic N) is 3. The molecule has 0 amide bonds. The third-order valence-corrected chi connectivity index (χ3v) is 3.56. The van der Waals surface area contributed by atoms with Gasteiger partial charge in [0.15, 0.2) is 5.78 Å². The second-order valence-electron chi connectivity index (χ2n) is 5.05. The van der Waals surface area contributed by atoms with Crippen molar-refractivity contribution in [1.29, 1.82) is 0 Å². The highest BCUT2D eigenvalue weighted by Gasteiger charge is 2.12. The van der Waals surface area contributed by atoms with E-state index >= 15 is 0 Å². The van der Waals surface area contributed by atoms with Gasteiger partial charge in [0.2, 0.25) is 0 Å². The molecule has 0 atom stereocenters. The van der Waals surface area contributed by atoms with Crippen molar-refractivity contribution in [3.63, 3.8) is 0 Å². The summed E-state index contributed by atoms with van der Waals surface area (Å²) >= 11 is 0. The van der Waals surface area contributed by atoms with E-state index in [0.29, 0.717) is 18.0 Å². The first kappa shape index (κ1) is 14.4. The first-order valence-corrected chi connectivity index (χ1v) is 7.14. The van der Waals surface area contributed by atoms with Gasteiger partial charge in [-0.05, 0) is 38.0 Å². The number of ketones is 1. The average molecular weight is 271 g/mol. The van der Waals surface area contributed by atoms with Crippen molar-refractivity contribution in [2.45, 2.75) is 46.1 Å². The third-order valence-electron chi connectivity index (χ3n) is 3.56. The van der Waals surface area contributed by atoms with Crippen LogP contribution in [0, 0.1) is 6.92 Å². The molecule has 0 saturated heterocycles. The summed E-state index contributed by atoms with van der Waals surface area (Å²) < 4.78 is 1.97. The molecule has 106 valence electrons. The van der Waals surface area contributed by atoms with Gasteiger partial charge in [-0.15, -0.1) is 0 Å². The lowest BCUT2D eigenvalue weighted by Gasteiger charge is -2.12. The van der Waals surface area contributed by atoms with Crippen molar-refractivity contribution < 1.29 is 4.79 Å².